The number of benzene rings is 1. The summed E-state index contributed by atoms with van der Waals surface area (Å²) in [5.41, 5.74) is 2.71. The number of hydrogen-bond donors (Lipinski definition) is 1. The fourth-order valence-corrected chi connectivity index (χ4v) is 3.47. The molecule has 1 aliphatic heterocycles. The lowest BCUT2D eigenvalue weighted by molar-refractivity contribution is 0.172. The van der Waals surface area contributed by atoms with Gasteiger partial charge in [0.2, 0.25) is 5.89 Å². The van der Waals surface area contributed by atoms with Gasteiger partial charge >= 0.3 is 0 Å². The number of guanidine groups is 1. The molecule has 0 saturated carbocycles. The van der Waals surface area contributed by atoms with E-state index in [9.17, 15) is 0 Å². The second-order valence-corrected chi connectivity index (χ2v) is 7.94. The van der Waals surface area contributed by atoms with Gasteiger partial charge < -0.3 is 14.7 Å². The van der Waals surface area contributed by atoms with Crippen LogP contribution in [0.1, 0.15) is 49.5 Å². The number of rotatable bonds is 7. The van der Waals surface area contributed by atoms with Gasteiger partial charge in [-0.25, -0.2) is 0 Å². The predicted molar refractivity (Wildman–Crippen MR) is 116 cm³/mol. The summed E-state index contributed by atoms with van der Waals surface area (Å²) in [6.45, 7) is 15.0. The monoisotopic (exact) mass is 398 g/mol. The Morgan fingerprint density at radius 3 is 2.69 bits per heavy atom. The van der Waals surface area contributed by atoms with E-state index in [2.05, 4.69) is 77.2 Å². The summed E-state index contributed by atoms with van der Waals surface area (Å²) < 4.78 is 5.32. The molecule has 0 radical (unpaired) electrons. The zero-order valence-electron chi connectivity index (χ0n) is 18.2. The third-order valence-corrected chi connectivity index (χ3v) is 5.08. The Labute approximate surface area is 174 Å². The highest BCUT2D eigenvalue weighted by Crippen LogP contribution is 2.12. The lowest BCUT2D eigenvalue weighted by Gasteiger charge is -2.36. The largest absolute Gasteiger partial charge is 0.357 e. The van der Waals surface area contributed by atoms with E-state index in [0.29, 0.717) is 18.9 Å². The zero-order valence-corrected chi connectivity index (χ0v) is 18.2. The quantitative estimate of drug-likeness (QED) is 0.571. The maximum absolute atomic E-state index is 5.32. The molecule has 1 fully saturated rings. The highest BCUT2D eigenvalue weighted by atomic mass is 16.5. The van der Waals surface area contributed by atoms with E-state index >= 15 is 0 Å². The van der Waals surface area contributed by atoms with E-state index in [1.807, 2.05) is 0 Å². The van der Waals surface area contributed by atoms with Crippen LogP contribution in [0.25, 0.3) is 0 Å². The lowest BCUT2D eigenvalue weighted by Crippen LogP contribution is -2.52. The Kier molecular flexibility index (Phi) is 7.63. The van der Waals surface area contributed by atoms with Crippen LogP contribution in [0.4, 0.5) is 0 Å². The van der Waals surface area contributed by atoms with Crippen LogP contribution < -0.4 is 5.32 Å². The SMILES string of the molecule is CCNC(=NCCc1nc(C(C)C)no1)N1CCN(Cc2cccc(C)c2)CC1. The van der Waals surface area contributed by atoms with Crippen LogP contribution in [0, 0.1) is 6.92 Å². The molecule has 158 valence electrons. The Bertz CT molecular complexity index is 792. The second kappa shape index (κ2) is 10.4. The summed E-state index contributed by atoms with van der Waals surface area (Å²) in [7, 11) is 0. The molecule has 1 aromatic carbocycles. The maximum Gasteiger partial charge on any atom is 0.228 e. The number of aliphatic imine (C=N–C) groups is 1. The molecule has 1 aliphatic rings. The van der Waals surface area contributed by atoms with E-state index in [4.69, 9.17) is 9.52 Å². The average molecular weight is 399 g/mol. The molecule has 1 aromatic heterocycles. The van der Waals surface area contributed by atoms with E-state index < -0.39 is 0 Å². The summed E-state index contributed by atoms with van der Waals surface area (Å²) in [5, 5.41) is 7.45. The molecular formula is C22H34N6O. The van der Waals surface area contributed by atoms with Gasteiger partial charge in [-0.05, 0) is 19.4 Å². The molecule has 3 rings (SSSR count). The fourth-order valence-electron chi connectivity index (χ4n) is 3.47. The van der Waals surface area contributed by atoms with Gasteiger partial charge in [0.25, 0.3) is 0 Å². The standard InChI is InChI=1S/C22H34N6O/c1-5-23-22(24-10-9-20-25-21(17(2)3)26-29-20)28-13-11-27(12-14-28)16-19-8-6-7-18(4)15-19/h6-8,15,17H,5,9-14,16H2,1-4H3,(H,23,24). The van der Waals surface area contributed by atoms with Gasteiger partial charge in [-0.3, -0.25) is 9.89 Å². The Morgan fingerprint density at radius 1 is 1.24 bits per heavy atom. The number of nitrogens with zero attached hydrogens (tertiary/aromatic N) is 5. The first-order valence-electron chi connectivity index (χ1n) is 10.7. The van der Waals surface area contributed by atoms with Crippen LogP contribution in [0.15, 0.2) is 33.8 Å². The van der Waals surface area contributed by atoms with Crippen LogP contribution in [0.3, 0.4) is 0 Å². The zero-order chi connectivity index (χ0) is 20.6. The van der Waals surface area contributed by atoms with Crippen LogP contribution in [0.5, 0.6) is 0 Å². The number of aryl methyl sites for hydroxylation is 1. The molecule has 2 aromatic rings. The van der Waals surface area contributed by atoms with E-state index in [1.54, 1.807) is 0 Å². The van der Waals surface area contributed by atoms with Crippen LogP contribution >= 0.6 is 0 Å². The number of piperazine rings is 1. The topological polar surface area (TPSA) is 69.8 Å². The lowest BCUT2D eigenvalue weighted by atomic mass is 10.1. The van der Waals surface area contributed by atoms with Crippen molar-refractivity contribution in [3.8, 4) is 0 Å². The molecule has 7 nitrogen and oxygen atoms in total. The summed E-state index contributed by atoms with van der Waals surface area (Å²) in [6.07, 6.45) is 0.669. The molecule has 0 atom stereocenters. The van der Waals surface area contributed by atoms with Crippen molar-refractivity contribution in [1.29, 1.82) is 0 Å². The summed E-state index contributed by atoms with van der Waals surface area (Å²) in [6, 6.07) is 8.79. The minimum absolute atomic E-state index is 0.282. The maximum atomic E-state index is 5.32. The molecule has 7 heteroatoms. The van der Waals surface area contributed by atoms with Crippen molar-refractivity contribution in [2.45, 2.75) is 46.6 Å². The van der Waals surface area contributed by atoms with Gasteiger partial charge in [0, 0.05) is 51.6 Å². The van der Waals surface area contributed by atoms with Crippen LogP contribution in [0.2, 0.25) is 0 Å². The Hall–Kier alpha value is -2.41. The first kappa shape index (κ1) is 21.3. The average Bonchev–Trinajstić information content (AvgIpc) is 3.17. The smallest absolute Gasteiger partial charge is 0.228 e. The highest BCUT2D eigenvalue weighted by Gasteiger charge is 2.19. The predicted octanol–water partition coefficient (Wildman–Crippen LogP) is 2.83. The third kappa shape index (κ3) is 6.29. The minimum atomic E-state index is 0.282. The second-order valence-electron chi connectivity index (χ2n) is 7.94. The molecule has 0 spiro atoms. The summed E-state index contributed by atoms with van der Waals surface area (Å²) >= 11 is 0. The molecule has 0 unspecified atom stereocenters. The Morgan fingerprint density at radius 2 is 2.03 bits per heavy atom. The number of hydrogen-bond acceptors (Lipinski definition) is 5. The molecular weight excluding hydrogens is 364 g/mol. The molecule has 0 aliphatic carbocycles. The summed E-state index contributed by atoms with van der Waals surface area (Å²) in [5.74, 6) is 2.69. The molecule has 0 bridgehead atoms. The van der Waals surface area contributed by atoms with Gasteiger partial charge in [-0.1, -0.05) is 48.8 Å². The van der Waals surface area contributed by atoms with Gasteiger partial charge in [-0.2, -0.15) is 4.98 Å². The van der Waals surface area contributed by atoms with Crippen molar-refractivity contribution < 1.29 is 4.52 Å². The van der Waals surface area contributed by atoms with Gasteiger partial charge in [-0.15, -0.1) is 0 Å². The normalized spacial score (nSPS) is 15.9. The van der Waals surface area contributed by atoms with Gasteiger partial charge in [0.15, 0.2) is 11.8 Å². The number of nitrogens with one attached hydrogen (secondary N) is 1. The fraction of sp³-hybridized carbons (Fsp3) is 0.591. The van der Waals surface area contributed by atoms with Crippen molar-refractivity contribution in [3.63, 3.8) is 0 Å². The number of aromatic nitrogens is 2. The highest BCUT2D eigenvalue weighted by molar-refractivity contribution is 5.80. The van der Waals surface area contributed by atoms with Crippen molar-refractivity contribution in [2.24, 2.45) is 4.99 Å². The summed E-state index contributed by atoms with van der Waals surface area (Å²) in [4.78, 5) is 14.1. The van der Waals surface area contributed by atoms with Crippen molar-refractivity contribution in [2.75, 3.05) is 39.3 Å². The van der Waals surface area contributed by atoms with E-state index in [-0.39, 0.29) is 5.92 Å². The van der Waals surface area contributed by atoms with Crippen LogP contribution in [-0.4, -0.2) is 65.2 Å². The molecule has 0 amide bonds. The first-order chi connectivity index (χ1) is 14.0. The van der Waals surface area contributed by atoms with E-state index in [1.165, 1.54) is 11.1 Å². The van der Waals surface area contributed by atoms with Crippen molar-refractivity contribution >= 4 is 5.96 Å². The molecule has 29 heavy (non-hydrogen) atoms. The Balaban J connectivity index is 1.50. The molecule has 1 N–H and O–H groups in total. The van der Waals surface area contributed by atoms with E-state index in [0.717, 1.165) is 51.1 Å². The molecule has 2 heterocycles. The van der Waals surface area contributed by atoms with Crippen molar-refractivity contribution in [3.05, 3.63) is 47.1 Å². The van der Waals surface area contributed by atoms with Crippen LogP contribution in [-0.2, 0) is 13.0 Å². The molecule has 1 saturated heterocycles. The van der Waals surface area contributed by atoms with Crippen molar-refractivity contribution in [1.82, 2.24) is 25.3 Å². The van der Waals surface area contributed by atoms with Gasteiger partial charge in [0.05, 0.1) is 6.54 Å². The third-order valence-electron chi connectivity index (χ3n) is 5.08. The minimum Gasteiger partial charge on any atom is -0.357 e. The first-order valence-corrected chi connectivity index (χ1v) is 10.7. The van der Waals surface area contributed by atoms with Gasteiger partial charge in [0.1, 0.15) is 0 Å².